The van der Waals surface area contributed by atoms with E-state index in [4.69, 9.17) is 5.73 Å². The van der Waals surface area contributed by atoms with Gasteiger partial charge in [-0.05, 0) is 55.7 Å². The molecule has 2 fully saturated rings. The molecule has 19 heavy (non-hydrogen) atoms. The minimum absolute atomic E-state index is 0.0627. The monoisotopic (exact) mass is 262 g/mol. The summed E-state index contributed by atoms with van der Waals surface area (Å²) in [6.45, 7) is 1.82. The van der Waals surface area contributed by atoms with Gasteiger partial charge < -0.3 is 11.1 Å². The van der Waals surface area contributed by atoms with Gasteiger partial charge in [0.05, 0.1) is 11.6 Å². The maximum Gasteiger partial charge on any atom is 0.229 e. The first-order valence-electron chi connectivity index (χ1n) is 6.89. The van der Waals surface area contributed by atoms with Gasteiger partial charge in [-0.2, -0.15) is 0 Å². The molecule has 4 heteroatoms. The van der Waals surface area contributed by atoms with Crippen molar-refractivity contribution in [1.82, 2.24) is 0 Å². The molecule has 3 nitrogen and oxygen atoms in total. The Morgan fingerprint density at radius 2 is 2.11 bits per heavy atom. The normalized spacial score (nSPS) is 32.6. The summed E-state index contributed by atoms with van der Waals surface area (Å²) in [5, 5.41) is 2.70. The number of nitrogens with two attached hydrogens (primary N) is 1. The van der Waals surface area contributed by atoms with E-state index in [0.29, 0.717) is 11.8 Å². The smallest absolute Gasteiger partial charge is 0.229 e. The number of hydrogen-bond donors (Lipinski definition) is 2. The fourth-order valence-corrected chi connectivity index (χ4v) is 3.66. The Hall–Kier alpha value is -1.42. The Morgan fingerprint density at radius 1 is 1.37 bits per heavy atom. The lowest BCUT2D eigenvalue weighted by Crippen LogP contribution is -2.42. The lowest BCUT2D eigenvalue weighted by Gasteiger charge is -2.27. The predicted octanol–water partition coefficient (Wildman–Crippen LogP) is 2.45. The largest absolute Gasteiger partial charge is 0.327 e. The molecule has 0 heterocycles. The maximum absolute atomic E-state index is 13.7. The van der Waals surface area contributed by atoms with Crippen molar-refractivity contribution in [2.45, 2.75) is 32.2 Å². The van der Waals surface area contributed by atoms with Gasteiger partial charge in [0.1, 0.15) is 5.82 Å². The van der Waals surface area contributed by atoms with Gasteiger partial charge in [0, 0.05) is 6.04 Å². The van der Waals surface area contributed by atoms with E-state index in [9.17, 15) is 9.18 Å². The molecule has 0 radical (unpaired) electrons. The molecule has 2 aliphatic carbocycles. The molecule has 0 saturated heterocycles. The summed E-state index contributed by atoms with van der Waals surface area (Å²) < 4.78 is 13.7. The molecule has 2 aliphatic rings. The van der Waals surface area contributed by atoms with Gasteiger partial charge in [0.15, 0.2) is 0 Å². The van der Waals surface area contributed by atoms with Crippen LogP contribution in [0.5, 0.6) is 0 Å². The van der Waals surface area contributed by atoms with E-state index in [1.54, 1.807) is 12.1 Å². The highest BCUT2D eigenvalue weighted by atomic mass is 19.1. The number of fused-ring (bicyclic) bond motifs is 2. The number of carbonyl (C=O) groups is 1. The van der Waals surface area contributed by atoms with E-state index in [1.807, 2.05) is 6.92 Å². The third-order valence-corrected chi connectivity index (χ3v) is 4.67. The fraction of sp³-hybridized carbons (Fsp3) is 0.533. The van der Waals surface area contributed by atoms with Crippen molar-refractivity contribution in [2.24, 2.45) is 23.5 Å². The van der Waals surface area contributed by atoms with Crippen LogP contribution in [0.15, 0.2) is 18.2 Å². The lowest BCUT2D eigenvalue weighted by molar-refractivity contribution is -0.121. The minimum Gasteiger partial charge on any atom is -0.327 e. The molecular formula is C15H19FN2O. The van der Waals surface area contributed by atoms with Crippen molar-refractivity contribution in [3.05, 3.63) is 29.6 Å². The average Bonchev–Trinajstić information content (AvgIpc) is 2.93. The highest BCUT2D eigenvalue weighted by Crippen LogP contribution is 2.47. The second-order valence-electron chi connectivity index (χ2n) is 5.91. The van der Waals surface area contributed by atoms with Crippen LogP contribution in [0.4, 0.5) is 10.1 Å². The van der Waals surface area contributed by atoms with Crippen LogP contribution in [0, 0.1) is 30.5 Å². The minimum atomic E-state index is -0.384. The lowest BCUT2D eigenvalue weighted by atomic mass is 9.84. The van der Waals surface area contributed by atoms with Crippen LogP contribution >= 0.6 is 0 Å². The molecule has 102 valence electrons. The van der Waals surface area contributed by atoms with Crippen LogP contribution in [0.1, 0.15) is 24.8 Å². The number of hydrogen-bond acceptors (Lipinski definition) is 2. The molecule has 2 bridgehead atoms. The Kier molecular flexibility index (Phi) is 3.05. The van der Waals surface area contributed by atoms with Gasteiger partial charge in [-0.15, -0.1) is 0 Å². The van der Waals surface area contributed by atoms with Gasteiger partial charge >= 0.3 is 0 Å². The van der Waals surface area contributed by atoms with Crippen LogP contribution in [0.2, 0.25) is 0 Å². The number of carbonyl (C=O) groups excluding carboxylic acids is 1. The van der Waals surface area contributed by atoms with E-state index in [2.05, 4.69) is 5.32 Å². The summed E-state index contributed by atoms with van der Waals surface area (Å²) in [6, 6.07) is 4.77. The quantitative estimate of drug-likeness (QED) is 0.860. The first kappa shape index (κ1) is 12.6. The summed E-state index contributed by atoms with van der Waals surface area (Å²) >= 11 is 0. The third kappa shape index (κ3) is 2.14. The van der Waals surface area contributed by atoms with Crippen molar-refractivity contribution < 1.29 is 9.18 Å². The zero-order valence-corrected chi connectivity index (χ0v) is 11.0. The van der Waals surface area contributed by atoms with Crippen LogP contribution in [-0.4, -0.2) is 11.9 Å². The SMILES string of the molecule is Cc1ccc(NC(=O)C2C3CCC(C3)C2N)c(F)c1. The molecule has 0 aliphatic heterocycles. The molecule has 1 aromatic rings. The second-order valence-corrected chi connectivity index (χ2v) is 5.91. The topological polar surface area (TPSA) is 55.1 Å². The van der Waals surface area contributed by atoms with E-state index in [-0.39, 0.29) is 29.4 Å². The molecule has 1 amide bonds. The summed E-state index contributed by atoms with van der Waals surface area (Å²) in [5.74, 6) is 0.198. The van der Waals surface area contributed by atoms with E-state index >= 15 is 0 Å². The van der Waals surface area contributed by atoms with E-state index in [1.165, 1.54) is 6.07 Å². The second kappa shape index (κ2) is 4.60. The standard InChI is InChI=1S/C15H19FN2O/c1-8-2-5-12(11(16)6-8)18-15(19)13-9-3-4-10(7-9)14(13)17/h2,5-6,9-10,13-14H,3-4,7,17H2,1H3,(H,18,19). The first-order valence-corrected chi connectivity index (χ1v) is 6.89. The van der Waals surface area contributed by atoms with Gasteiger partial charge in [-0.25, -0.2) is 4.39 Å². The van der Waals surface area contributed by atoms with Crippen LogP contribution < -0.4 is 11.1 Å². The van der Waals surface area contributed by atoms with Crippen LogP contribution in [-0.2, 0) is 4.79 Å². The number of amides is 1. The maximum atomic E-state index is 13.7. The molecule has 0 aromatic heterocycles. The number of anilines is 1. The molecule has 3 rings (SSSR count). The number of nitrogens with one attached hydrogen (secondary N) is 1. The summed E-state index contributed by atoms with van der Waals surface area (Å²) in [5.41, 5.74) is 7.22. The van der Waals surface area contributed by atoms with E-state index in [0.717, 1.165) is 24.8 Å². The molecule has 4 unspecified atom stereocenters. The van der Waals surface area contributed by atoms with Crippen molar-refractivity contribution >= 4 is 11.6 Å². The Bertz CT molecular complexity index is 515. The number of aryl methyl sites for hydroxylation is 1. The Morgan fingerprint density at radius 3 is 2.74 bits per heavy atom. The molecule has 3 N–H and O–H groups in total. The predicted molar refractivity (Wildman–Crippen MR) is 72.1 cm³/mol. The molecule has 2 saturated carbocycles. The van der Waals surface area contributed by atoms with Crippen molar-refractivity contribution in [1.29, 1.82) is 0 Å². The molecule has 4 atom stereocenters. The summed E-state index contributed by atoms with van der Waals surface area (Å²) in [6.07, 6.45) is 3.26. The zero-order valence-electron chi connectivity index (χ0n) is 11.0. The zero-order chi connectivity index (χ0) is 13.6. The fourth-order valence-electron chi connectivity index (χ4n) is 3.66. The van der Waals surface area contributed by atoms with Gasteiger partial charge in [-0.3, -0.25) is 4.79 Å². The van der Waals surface area contributed by atoms with Gasteiger partial charge in [0.25, 0.3) is 0 Å². The Labute approximate surface area is 112 Å². The molecule has 0 spiro atoms. The highest BCUT2D eigenvalue weighted by molar-refractivity contribution is 5.93. The number of benzene rings is 1. The van der Waals surface area contributed by atoms with Crippen molar-refractivity contribution in [2.75, 3.05) is 5.32 Å². The average molecular weight is 262 g/mol. The van der Waals surface area contributed by atoms with Crippen molar-refractivity contribution in [3.63, 3.8) is 0 Å². The number of halogens is 1. The van der Waals surface area contributed by atoms with Crippen molar-refractivity contribution in [3.8, 4) is 0 Å². The first-order chi connectivity index (χ1) is 9.06. The summed E-state index contributed by atoms with van der Waals surface area (Å²) in [7, 11) is 0. The number of rotatable bonds is 2. The Balaban J connectivity index is 1.75. The highest BCUT2D eigenvalue weighted by Gasteiger charge is 2.49. The van der Waals surface area contributed by atoms with Gasteiger partial charge in [0.2, 0.25) is 5.91 Å². The van der Waals surface area contributed by atoms with Crippen LogP contribution in [0.25, 0.3) is 0 Å². The van der Waals surface area contributed by atoms with Crippen LogP contribution in [0.3, 0.4) is 0 Å². The third-order valence-electron chi connectivity index (χ3n) is 4.67. The van der Waals surface area contributed by atoms with E-state index < -0.39 is 0 Å². The molecular weight excluding hydrogens is 243 g/mol. The van der Waals surface area contributed by atoms with Gasteiger partial charge in [-0.1, -0.05) is 6.07 Å². The molecule has 1 aromatic carbocycles. The summed E-state index contributed by atoms with van der Waals surface area (Å²) in [4.78, 5) is 12.3.